The molecule has 0 heterocycles. The summed E-state index contributed by atoms with van der Waals surface area (Å²) in [5.74, 6) is -0.910. The average molecular weight is 294 g/mol. The second-order valence-electron chi connectivity index (χ2n) is 4.47. The molecule has 0 aliphatic rings. The SMILES string of the molecule is C=CC[N+](CC=C)(CCOC(=O)C=C)CCOC(=O)C=C. The minimum absolute atomic E-state index is 0.252. The molecule has 0 atom stereocenters. The maximum absolute atomic E-state index is 11.1. The standard InChI is InChI=1S/C16H24NO4/c1-5-9-17(10-6-2,11-13-20-15(18)7-3)12-14-21-16(19)8-4/h5-8H,1-4,9-14H2/q+1. The molecular formula is C16H24NO4+. The molecule has 5 heteroatoms. The van der Waals surface area contributed by atoms with Crippen LogP contribution in [0, 0.1) is 0 Å². The molecule has 0 fully saturated rings. The zero-order valence-corrected chi connectivity index (χ0v) is 12.5. The summed E-state index contributed by atoms with van der Waals surface area (Å²) in [7, 11) is 0. The number of hydrogen-bond acceptors (Lipinski definition) is 4. The number of quaternary nitrogens is 1. The number of rotatable bonds is 12. The van der Waals surface area contributed by atoms with E-state index in [1.165, 1.54) is 0 Å². The molecule has 0 aliphatic carbocycles. The molecule has 0 N–H and O–H groups in total. The summed E-state index contributed by atoms with van der Waals surface area (Å²) in [5.41, 5.74) is 0. The molecule has 0 unspecified atom stereocenters. The molecule has 0 aromatic carbocycles. The van der Waals surface area contributed by atoms with Gasteiger partial charge in [0.1, 0.15) is 26.3 Å². The van der Waals surface area contributed by atoms with Crippen molar-refractivity contribution in [2.45, 2.75) is 0 Å². The first kappa shape index (κ1) is 18.9. The summed E-state index contributed by atoms with van der Waals surface area (Å²) in [6, 6.07) is 0. The van der Waals surface area contributed by atoms with Gasteiger partial charge in [-0.2, -0.15) is 0 Å². The van der Waals surface area contributed by atoms with Gasteiger partial charge in [-0.05, 0) is 12.2 Å². The third-order valence-corrected chi connectivity index (χ3v) is 2.99. The van der Waals surface area contributed by atoms with Crippen LogP contribution in [-0.2, 0) is 19.1 Å². The number of ether oxygens (including phenoxy) is 2. The summed E-state index contributed by atoms with van der Waals surface area (Å²) >= 11 is 0. The van der Waals surface area contributed by atoms with E-state index in [4.69, 9.17) is 9.47 Å². The largest absolute Gasteiger partial charge is 0.457 e. The molecule has 0 rings (SSSR count). The zero-order valence-electron chi connectivity index (χ0n) is 12.5. The highest BCUT2D eigenvalue weighted by atomic mass is 16.5. The van der Waals surface area contributed by atoms with Crippen LogP contribution in [0.1, 0.15) is 0 Å². The fourth-order valence-electron chi connectivity index (χ4n) is 1.90. The van der Waals surface area contributed by atoms with E-state index in [0.717, 1.165) is 12.2 Å². The van der Waals surface area contributed by atoms with Crippen molar-refractivity contribution in [3.8, 4) is 0 Å². The van der Waals surface area contributed by atoms with E-state index in [2.05, 4.69) is 26.3 Å². The lowest BCUT2D eigenvalue weighted by Gasteiger charge is -2.36. The molecule has 21 heavy (non-hydrogen) atoms. The van der Waals surface area contributed by atoms with Crippen molar-refractivity contribution in [3.63, 3.8) is 0 Å². The normalized spacial score (nSPS) is 10.3. The third kappa shape index (κ3) is 7.89. The highest BCUT2D eigenvalue weighted by Gasteiger charge is 2.25. The first-order valence-corrected chi connectivity index (χ1v) is 6.69. The van der Waals surface area contributed by atoms with Crippen LogP contribution < -0.4 is 0 Å². The first-order valence-electron chi connectivity index (χ1n) is 6.69. The third-order valence-electron chi connectivity index (χ3n) is 2.99. The van der Waals surface area contributed by atoms with Crippen LogP contribution in [0.4, 0.5) is 0 Å². The van der Waals surface area contributed by atoms with Gasteiger partial charge in [0.25, 0.3) is 0 Å². The number of nitrogens with zero attached hydrogens (tertiary/aromatic N) is 1. The van der Waals surface area contributed by atoms with Crippen LogP contribution >= 0.6 is 0 Å². The van der Waals surface area contributed by atoms with E-state index in [1.54, 1.807) is 12.2 Å². The molecule has 0 aromatic heterocycles. The fraction of sp³-hybridized carbons (Fsp3) is 0.375. The van der Waals surface area contributed by atoms with E-state index >= 15 is 0 Å². The van der Waals surface area contributed by atoms with E-state index in [0.29, 0.717) is 30.7 Å². The van der Waals surface area contributed by atoms with Crippen molar-refractivity contribution in [2.75, 3.05) is 39.4 Å². The topological polar surface area (TPSA) is 52.6 Å². The van der Waals surface area contributed by atoms with Crippen LogP contribution in [0.2, 0.25) is 0 Å². The number of carbonyl (C=O) groups is 2. The van der Waals surface area contributed by atoms with Crippen molar-refractivity contribution >= 4 is 11.9 Å². The summed E-state index contributed by atoms with van der Waals surface area (Å²) in [4.78, 5) is 22.2. The van der Waals surface area contributed by atoms with Gasteiger partial charge in [-0.15, -0.1) is 0 Å². The Morgan fingerprint density at radius 3 is 1.48 bits per heavy atom. The molecule has 0 aromatic rings. The average Bonchev–Trinajstić information content (AvgIpc) is 2.47. The highest BCUT2D eigenvalue weighted by Crippen LogP contribution is 2.08. The first-order chi connectivity index (χ1) is 10.0. The quantitative estimate of drug-likeness (QED) is 0.238. The molecule has 0 aliphatic heterocycles. The maximum Gasteiger partial charge on any atom is 0.330 e. The number of hydrogen-bond donors (Lipinski definition) is 0. The fourth-order valence-corrected chi connectivity index (χ4v) is 1.90. The molecule has 0 radical (unpaired) electrons. The Morgan fingerprint density at radius 2 is 1.19 bits per heavy atom. The molecule has 0 saturated carbocycles. The molecule has 0 amide bonds. The summed E-state index contributed by atoms with van der Waals surface area (Å²) < 4.78 is 10.6. The second-order valence-corrected chi connectivity index (χ2v) is 4.47. The van der Waals surface area contributed by atoms with Crippen molar-refractivity contribution in [1.29, 1.82) is 0 Å². The molecule has 0 bridgehead atoms. The monoisotopic (exact) mass is 294 g/mol. The smallest absolute Gasteiger partial charge is 0.330 e. The van der Waals surface area contributed by atoms with Crippen molar-refractivity contribution in [2.24, 2.45) is 0 Å². The Hall–Kier alpha value is -2.14. The van der Waals surface area contributed by atoms with Crippen molar-refractivity contribution in [1.82, 2.24) is 0 Å². The lowest BCUT2D eigenvalue weighted by molar-refractivity contribution is -0.917. The van der Waals surface area contributed by atoms with Crippen LogP contribution in [-0.4, -0.2) is 55.8 Å². The predicted octanol–water partition coefficient (Wildman–Crippen LogP) is 1.63. The Morgan fingerprint density at radius 1 is 0.810 bits per heavy atom. The Bertz CT molecular complexity index is 363. The lowest BCUT2D eigenvalue weighted by atomic mass is 10.3. The minimum atomic E-state index is -0.455. The van der Waals surface area contributed by atoms with Gasteiger partial charge in [0, 0.05) is 12.2 Å². The van der Waals surface area contributed by atoms with E-state index in [-0.39, 0.29) is 13.2 Å². The van der Waals surface area contributed by atoms with Crippen LogP contribution in [0.15, 0.2) is 50.6 Å². The summed E-state index contributed by atoms with van der Waals surface area (Å²) in [6.07, 6.45) is 5.82. The van der Waals surface area contributed by atoms with Gasteiger partial charge >= 0.3 is 11.9 Å². The summed E-state index contributed by atoms with van der Waals surface area (Å²) in [5, 5.41) is 0. The van der Waals surface area contributed by atoms with Gasteiger partial charge in [0.2, 0.25) is 0 Å². The minimum Gasteiger partial charge on any atom is -0.457 e. The van der Waals surface area contributed by atoms with Crippen molar-refractivity contribution < 1.29 is 23.5 Å². The van der Waals surface area contributed by atoms with Crippen LogP contribution in [0.5, 0.6) is 0 Å². The molecular weight excluding hydrogens is 270 g/mol. The van der Waals surface area contributed by atoms with Crippen molar-refractivity contribution in [3.05, 3.63) is 50.6 Å². The molecule has 0 spiro atoms. The second kappa shape index (κ2) is 10.6. The van der Waals surface area contributed by atoms with E-state index < -0.39 is 11.9 Å². The molecule has 116 valence electrons. The van der Waals surface area contributed by atoms with E-state index in [9.17, 15) is 9.59 Å². The Labute approximate surface area is 126 Å². The van der Waals surface area contributed by atoms with Gasteiger partial charge in [-0.3, -0.25) is 0 Å². The maximum atomic E-state index is 11.1. The number of esters is 2. The van der Waals surface area contributed by atoms with Gasteiger partial charge < -0.3 is 14.0 Å². The van der Waals surface area contributed by atoms with Gasteiger partial charge in [-0.25, -0.2) is 9.59 Å². The van der Waals surface area contributed by atoms with Gasteiger partial charge in [0.15, 0.2) is 0 Å². The molecule has 0 saturated heterocycles. The zero-order chi connectivity index (χ0) is 16.1. The Balaban J connectivity index is 4.63. The van der Waals surface area contributed by atoms with E-state index in [1.807, 2.05) is 0 Å². The Kier molecular flexibility index (Phi) is 9.54. The van der Waals surface area contributed by atoms with Gasteiger partial charge in [-0.1, -0.05) is 26.3 Å². The van der Waals surface area contributed by atoms with Crippen LogP contribution in [0.3, 0.4) is 0 Å². The number of carbonyl (C=O) groups excluding carboxylic acids is 2. The molecule has 5 nitrogen and oxygen atoms in total. The highest BCUT2D eigenvalue weighted by molar-refractivity contribution is 5.81. The predicted molar refractivity (Wildman–Crippen MR) is 82.4 cm³/mol. The van der Waals surface area contributed by atoms with Gasteiger partial charge in [0.05, 0.1) is 13.1 Å². The summed E-state index contributed by atoms with van der Waals surface area (Å²) in [6.45, 7) is 17.2. The van der Waals surface area contributed by atoms with Crippen LogP contribution in [0.25, 0.3) is 0 Å². The lowest BCUT2D eigenvalue weighted by Crippen LogP contribution is -2.52.